The number of hydrogen-bond acceptors (Lipinski definition) is 4. The Labute approximate surface area is 131 Å². The predicted octanol–water partition coefficient (Wildman–Crippen LogP) is 3.03. The summed E-state index contributed by atoms with van der Waals surface area (Å²) in [6, 6.07) is 11.1. The van der Waals surface area contributed by atoms with E-state index in [0.717, 1.165) is 16.5 Å². The SMILES string of the molecule is O=C(NCc1cc2ccccc2o1)NCC(O)c1ccsc1. The Hall–Kier alpha value is -2.31. The number of urea groups is 1. The van der Waals surface area contributed by atoms with Gasteiger partial charge in [-0.15, -0.1) is 0 Å². The molecule has 3 N–H and O–H groups in total. The van der Waals surface area contributed by atoms with Gasteiger partial charge in [-0.2, -0.15) is 11.3 Å². The third-order valence-electron chi connectivity index (χ3n) is 3.28. The van der Waals surface area contributed by atoms with Crippen LogP contribution in [0.25, 0.3) is 11.0 Å². The highest BCUT2D eigenvalue weighted by Crippen LogP contribution is 2.18. The first-order valence-corrected chi connectivity index (χ1v) is 7.86. The van der Waals surface area contributed by atoms with Crippen molar-refractivity contribution in [2.24, 2.45) is 0 Å². The van der Waals surface area contributed by atoms with E-state index in [1.807, 2.05) is 47.2 Å². The number of aliphatic hydroxyl groups excluding tert-OH is 1. The number of furan rings is 1. The number of hydrogen-bond donors (Lipinski definition) is 3. The van der Waals surface area contributed by atoms with Crippen molar-refractivity contribution in [1.29, 1.82) is 0 Å². The van der Waals surface area contributed by atoms with Gasteiger partial charge in [0.05, 0.1) is 12.6 Å². The Morgan fingerprint density at radius 2 is 2.14 bits per heavy atom. The quantitative estimate of drug-likeness (QED) is 0.677. The summed E-state index contributed by atoms with van der Waals surface area (Å²) in [5.41, 5.74) is 1.61. The zero-order valence-corrected chi connectivity index (χ0v) is 12.6. The van der Waals surface area contributed by atoms with E-state index in [4.69, 9.17) is 4.42 Å². The number of amides is 2. The molecule has 0 aliphatic heterocycles. The first-order valence-electron chi connectivity index (χ1n) is 6.91. The normalized spacial score (nSPS) is 12.2. The van der Waals surface area contributed by atoms with Crippen molar-refractivity contribution >= 4 is 28.3 Å². The molecule has 114 valence electrons. The molecule has 1 atom stereocenters. The van der Waals surface area contributed by atoms with E-state index in [2.05, 4.69) is 10.6 Å². The number of para-hydroxylation sites is 1. The molecule has 5 nitrogen and oxygen atoms in total. The van der Waals surface area contributed by atoms with Gasteiger partial charge in [-0.25, -0.2) is 4.79 Å². The Kier molecular flexibility index (Phi) is 4.41. The summed E-state index contributed by atoms with van der Waals surface area (Å²) in [5.74, 6) is 0.690. The van der Waals surface area contributed by atoms with Gasteiger partial charge in [0, 0.05) is 11.9 Å². The summed E-state index contributed by atoms with van der Waals surface area (Å²) < 4.78 is 5.61. The highest BCUT2D eigenvalue weighted by Gasteiger charge is 2.10. The summed E-state index contributed by atoms with van der Waals surface area (Å²) >= 11 is 1.51. The van der Waals surface area contributed by atoms with Gasteiger partial charge in [-0.3, -0.25) is 0 Å². The molecule has 3 aromatic rings. The lowest BCUT2D eigenvalue weighted by Gasteiger charge is -2.11. The van der Waals surface area contributed by atoms with Crippen LogP contribution in [0, 0.1) is 0 Å². The second-order valence-corrected chi connectivity index (χ2v) is 5.67. The lowest BCUT2D eigenvalue weighted by Crippen LogP contribution is -2.37. The number of carbonyl (C=O) groups is 1. The smallest absolute Gasteiger partial charge is 0.315 e. The lowest BCUT2D eigenvalue weighted by atomic mass is 10.2. The van der Waals surface area contributed by atoms with Crippen LogP contribution >= 0.6 is 11.3 Å². The maximum absolute atomic E-state index is 11.7. The summed E-state index contributed by atoms with van der Waals surface area (Å²) in [4.78, 5) is 11.7. The average molecular weight is 316 g/mol. The van der Waals surface area contributed by atoms with Crippen LogP contribution in [0.4, 0.5) is 4.79 Å². The first-order chi connectivity index (χ1) is 10.7. The summed E-state index contributed by atoms with van der Waals surface area (Å²) in [6.07, 6.45) is -0.691. The number of aliphatic hydroxyl groups is 1. The molecule has 2 heterocycles. The minimum Gasteiger partial charge on any atom is -0.459 e. The summed E-state index contributed by atoms with van der Waals surface area (Å²) in [7, 11) is 0. The Morgan fingerprint density at radius 3 is 2.91 bits per heavy atom. The Bertz CT molecular complexity index is 719. The van der Waals surface area contributed by atoms with Crippen molar-refractivity contribution in [3.05, 3.63) is 58.5 Å². The molecular weight excluding hydrogens is 300 g/mol. The number of thiophene rings is 1. The molecule has 0 radical (unpaired) electrons. The van der Waals surface area contributed by atoms with E-state index in [1.165, 1.54) is 11.3 Å². The molecule has 0 aliphatic carbocycles. The molecule has 3 rings (SSSR count). The van der Waals surface area contributed by atoms with Gasteiger partial charge < -0.3 is 20.2 Å². The van der Waals surface area contributed by atoms with Crippen LogP contribution in [0.5, 0.6) is 0 Å². The van der Waals surface area contributed by atoms with Crippen molar-refractivity contribution in [2.45, 2.75) is 12.6 Å². The number of fused-ring (bicyclic) bond motifs is 1. The minimum atomic E-state index is -0.691. The van der Waals surface area contributed by atoms with Gasteiger partial charge in [0.1, 0.15) is 11.3 Å². The van der Waals surface area contributed by atoms with Crippen molar-refractivity contribution in [1.82, 2.24) is 10.6 Å². The fraction of sp³-hybridized carbons (Fsp3) is 0.188. The molecule has 1 unspecified atom stereocenters. The van der Waals surface area contributed by atoms with Crippen molar-refractivity contribution in [2.75, 3.05) is 6.54 Å². The topological polar surface area (TPSA) is 74.5 Å². The zero-order valence-electron chi connectivity index (χ0n) is 11.8. The molecule has 2 aromatic heterocycles. The number of nitrogens with one attached hydrogen (secondary N) is 2. The minimum absolute atomic E-state index is 0.169. The Balaban J connectivity index is 1.48. The van der Waals surface area contributed by atoms with E-state index < -0.39 is 6.10 Å². The summed E-state index contributed by atoms with van der Waals surface area (Å²) in [5, 5.41) is 20.0. The molecule has 0 saturated heterocycles. The predicted molar refractivity (Wildman–Crippen MR) is 85.7 cm³/mol. The molecule has 0 aliphatic rings. The second-order valence-electron chi connectivity index (χ2n) is 4.89. The fourth-order valence-electron chi connectivity index (χ4n) is 2.13. The van der Waals surface area contributed by atoms with Crippen molar-refractivity contribution < 1.29 is 14.3 Å². The maximum Gasteiger partial charge on any atom is 0.315 e. The van der Waals surface area contributed by atoms with Gasteiger partial charge in [0.15, 0.2) is 0 Å². The van der Waals surface area contributed by atoms with Gasteiger partial charge in [-0.05, 0) is 34.5 Å². The number of rotatable bonds is 5. The molecule has 1 aromatic carbocycles. The number of carbonyl (C=O) groups excluding carboxylic acids is 1. The largest absolute Gasteiger partial charge is 0.459 e. The monoisotopic (exact) mass is 316 g/mol. The van der Waals surface area contributed by atoms with Crippen LogP contribution in [0.3, 0.4) is 0 Å². The number of benzene rings is 1. The molecule has 0 saturated carbocycles. The van der Waals surface area contributed by atoms with Crippen LogP contribution in [-0.4, -0.2) is 17.7 Å². The van der Waals surface area contributed by atoms with E-state index in [1.54, 1.807) is 0 Å². The third kappa shape index (κ3) is 3.47. The van der Waals surface area contributed by atoms with E-state index in [9.17, 15) is 9.90 Å². The van der Waals surface area contributed by atoms with Crippen LogP contribution in [0.15, 0.2) is 51.6 Å². The molecule has 0 fully saturated rings. The van der Waals surface area contributed by atoms with Crippen molar-refractivity contribution in [3.63, 3.8) is 0 Å². The van der Waals surface area contributed by atoms with Crippen molar-refractivity contribution in [3.8, 4) is 0 Å². The zero-order chi connectivity index (χ0) is 15.4. The highest BCUT2D eigenvalue weighted by atomic mass is 32.1. The van der Waals surface area contributed by atoms with E-state index in [0.29, 0.717) is 12.3 Å². The summed E-state index contributed by atoms with van der Waals surface area (Å²) in [6.45, 7) is 0.470. The molecule has 0 spiro atoms. The van der Waals surface area contributed by atoms with Crippen LogP contribution in [0.1, 0.15) is 17.4 Å². The molecule has 2 amide bonds. The lowest BCUT2D eigenvalue weighted by molar-refractivity contribution is 0.173. The second kappa shape index (κ2) is 6.64. The standard InChI is InChI=1S/C16H16N2O3S/c19-14(12-5-6-22-10-12)9-18-16(20)17-8-13-7-11-3-1-2-4-15(11)21-13/h1-7,10,14,19H,8-9H2,(H2,17,18,20). The molecule has 22 heavy (non-hydrogen) atoms. The third-order valence-corrected chi connectivity index (χ3v) is 3.99. The molecule has 6 heteroatoms. The highest BCUT2D eigenvalue weighted by molar-refractivity contribution is 7.07. The van der Waals surface area contributed by atoms with E-state index >= 15 is 0 Å². The van der Waals surface area contributed by atoms with Gasteiger partial charge in [0.2, 0.25) is 0 Å². The first kappa shape index (κ1) is 14.6. The van der Waals surface area contributed by atoms with Crippen LogP contribution < -0.4 is 10.6 Å². The van der Waals surface area contributed by atoms with E-state index in [-0.39, 0.29) is 12.6 Å². The van der Waals surface area contributed by atoms with Gasteiger partial charge in [-0.1, -0.05) is 18.2 Å². The van der Waals surface area contributed by atoms with Crippen LogP contribution in [0.2, 0.25) is 0 Å². The van der Waals surface area contributed by atoms with Gasteiger partial charge in [0.25, 0.3) is 0 Å². The van der Waals surface area contributed by atoms with Crippen LogP contribution in [-0.2, 0) is 6.54 Å². The maximum atomic E-state index is 11.7. The van der Waals surface area contributed by atoms with Gasteiger partial charge >= 0.3 is 6.03 Å². The molecular formula is C16H16N2O3S. The fourth-order valence-corrected chi connectivity index (χ4v) is 2.83. The average Bonchev–Trinajstić information content (AvgIpc) is 3.19. The Morgan fingerprint density at radius 1 is 1.27 bits per heavy atom. The molecule has 0 bridgehead atoms.